The van der Waals surface area contributed by atoms with Crippen molar-refractivity contribution in [3.8, 4) is 0 Å². The molecule has 0 radical (unpaired) electrons. The molecule has 4 rings (SSSR count). The van der Waals surface area contributed by atoms with E-state index >= 15 is 0 Å². The lowest BCUT2D eigenvalue weighted by molar-refractivity contribution is 0.586. The molecule has 7 nitrogen and oxygen atoms in total. The first-order chi connectivity index (χ1) is 13.1. The third-order valence-electron chi connectivity index (χ3n) is 3.62. The lowest BCUT2D eigenvalue weighted by Gasteiger charge is -2.05. The standard InChI is InChI=1S/C16H12BrClFN7S/c17-10-6-20-26(7-10)9-15-22-23-16(27-15)21-14-4-5-25(24-14)8-11-12(18)2-1-3-13(11)19/h1-7H,8-9H2,(H,21,23,24). The fourth-order valence-corrected chi connectivity index (χ4v) is 3.69. The number of aromatic nitrogens is 6. The van der Waals surface area contributed by atoms with Crippen LogP contribution in [-0.4, -0.2) is 29.8 Å². The molecule has 0 spiro atoms. The number of rotatable bonds is 6. The zero-order valence-electron chi connectivity index (χ0n) is 13.7. The largest absolute Gasteiger partial charge is 0.313 e. The highest BCUT2D eigenvalue weighted by Gasteiger charge is 2.10. The van der Waals surface area contributed by atoms with E-state index in [0.717, 1.165) is 9.48 Å². The van der Waals surface area contributed by atoms with Crippen LogP contribution in [0.15, 0.2) is 47.3 Å². The van der Waals surface area contributed by atoms with Gasteiger partial charge in [0.2, 0.25) is 5.13 Å². The third kappa shape index (κ3) is 4.34. The van der Waals surface area contributed by atoms with Gasteiger partial charge in [0.05, 0.1) is 23.8 Å². The summed E-state index contributed by atoms with van der Waals surface area (Å²) in [5, 5.41) is 21.7. The van der Waals surface area contributed by atoms with E-state index in [-0.39, 0.29) is 12.4 Å². The molecule has 3 heterocycles. The second-order valence-electron chi connectivity index (χ2n) is 5.58. The number of nitrogens with zero attached hydrogens (tertiary/aromatic N) is 6. The summed E-state index contributed by atoms with van der Waals surface area (Å²) in [6, 6.07) is 6.39. The molecule has 4 aromatic rings. The molecule has 0 aliphatic heterocycles. The van der Waals surface area contributed by atoms with Gasteiger partial charge in [-0.15, -0.1) is 10.2 Å². The minimum Gasteiger partial charge on any atom is -0.313 e. The molecule has 0 aliphatic carbocycles. The summed E-state index contributed by atoms with van der Waals surface area (Å²) in [6.45, 7) is 0.772. The Morgan fingerprint density at radius 1 is 1.19 bits per heavy atom. The van der Waals surface area contributed by atoms with Crippen molar-refractivity contribution >= 4 is 49.8 Å². The molecular weight excluding hydrogens is 457 g/mol. The van der Waals surface area contributed by atoms with Gasteiger partial charge in [-0.25, -0.2) is 4.39 Å². The average Bonchev–Trinajstić information content (AvgIpc) is 3.35. The van der Waals surface area contributed by atoms with E-state index < -0.39 is 0 Å². The highest BCUT2D eigenvalue weighted by molar-refractivity contribution is 9.10. The van der Waals surface area contributed by atoms with Crippen LogP contribution in [0.25, 0.3) is 0 Å². The third-order valence-corrected chi connectivity index (χ3v) is 5.21. The Labute approximate surface area is 170 Å². The summed E-state index contributed by atoms with van der Waals surface area (Å²) in [7, 11) is 0. The van der Waals surface area contributed by atoms with E-state index in [1.165, 1.54) is 17.4 Å². The van der Waals surface area contributed by atoms with Crippen LogP contribution in [0.2, 0.25) is 5.02 Å². The Morgan fingerprint density at radius 2 is 2.07 bits per heavy atom. The second-order valence-corrected chi connectivity index (χ2v) is 7.97. The summed E-state index contributed by atoms with van der Waals surface area (Å²) < 4.78 is 18.2. The minimum atomic E-state index is -0.355. The maximum absolute atomic E-state index is 13.9. The molecule has 0 saturated carbocycles. The van der Waals surface area contributed by atoms with Gasteiger partial charge in [0, 0.05) is 29.0 Å². The van der Waals surface area contributed by atoms with E-state index in [0.29, 0.717) is 28.1 Å². The van der Waals surface area contributed by atoms with E-state index in [1.54, 1.807) is 40.0 Å². The van der Waals surface area contributed by atoms with Crippen molar-refractivity contribution in [1.82, 2.24) is 29.8 Å². The number of hydrogen-bond acceptors (Lipinski definition) is 6. The van der Waals surface area contributed by atoms with Crippen molar-refractivity contribution in [3.63, 3.8) is 0 Å². The normalized spacial score (nSPS) is 11.1. The van der Waals surface area contributed by atoms with E-state index in [9.17, 15) is 4.39 Å². The molecule has 11 heteroatoms. The lowest BCUT2D eigenvalue weighted by Crippen LogP contribution is -2.04. The predicted octanol–water partition coefficient (Wildman–Crippen LogP) is 4.33. The number of nitrogens with one attached hydrogen (secondary N) is 1. The number of hydrogen-bond donors (Lipinski definition) is 1. The van der Waals surface area contributed by atoms with Crippen LogP contribution >= 0.6 is 38.9 Å². The fraction of sp³-hybridized carbons (Fsp3) is 0.125. The Kier molecular flexibility index (Phi) is 5.19. The number of benzene rings is 1. The first-order valence-electron chi connectivity index (χ1n) is 7.80. The van der Waals surface area contributed by atoms with Crippen molar-refractivity contribution in [3.05, 3.63) is 68.7 Å². The first-order valence-corrected chi connectivity index (χ1v) is 9.79. The SMILES string of the molecule is Fc1cccc(Cl)c1Cn1ccc(Nc2nnc(Cn3cc(Br)cn3)s2)n1. The van der Waals surface area contributed by atoms with Gasteiger partial charge in [-0.3, -0.25) is 9.36 Å². The van der Waals surface area contributed by atoms with Gasteiger partial charge in [0.1, 0.15) is 10.8 Å². The molecule has 1 aromatic carbocycles. The molecular formula is C16H12BrClFN7S. The van der Waals surface area contributed by atoms with Crippen LogP contribution in [0.3, 0.4) is 0 Å². The van der Waals surface area contributed by atoms with Gasteiger partial charge < -0.3 is 5.32 Å². The van der Waals surface area contributed by atoms with Crippen LogP contribution in [0, 0.1) is 5.82 Å². The van der Waals surface area contributed by atoms with Gasteiger partial charge in [-0.2, -0.15) is 10.2 Å². The van der Waals surface area contributed by atoms with Crippen LogP contribution in [0.5, 0.6) is 0 Å². The van der Waals surface area contributed by atoms with Gasteiger partial charge in [0.25, 0.3) is 0 Å². The van der Waals surface area contributed by atoms with E-state index in [2.05, 4.69) is 41.6 Å². The van der Waals surface area contributed by atoms with Crippen LogP contribution in [-0.2, 0) is 13.1 Å². The zero-order valence-corrected chi connectivity index (χ0v) is 16.8. The molecule has 138 valence electrons. The smallest absolute Gasteiger partial charge is 0.211 e. The van der Waals surface area contributed by atoms with Gasteiger partial charge in [-0.05, 0) is 28.1 Å². The Morgan fingerprint density at radius 3 is 2.85 bits per heavy atom. The van der Waals surface area contributed by atoms with Crippen molar-refractivity contribution in [2.45, 2.75) is 13.1 Å². The molecule has 0 amide bonds. The van der Waals surface area contributed by atoms with E-state index in [4.69, 9.17) is 11.6 Å². The van der Waals surface area contributed by atoms with Gasteiger partial charge in [0.15, 0.2) is 5.82 Å². The summed E-state index contributed by atoms with van der Waals surface area (Å²) in [4.78, 5) is 0. The quantitative estimate of drug-likeness (QED) is 0.456. The monoisotopic (exact) mass is 467 g/mol. The minimum absolute atomic E-state index is 0.239. The Hall–Kier alpha value is -2.30. The number of anilines is 2. The van der Waals surface area contributed by atoms with Gasteiger partial charge in [-0.1, -0.05) is 29.0 Å². The molecule has 0 atom stereocenters. The Balaban J connectivity index is 1.42. The van der Waals surface area contributed by atoms with E-state index in [1.807, 2.05) is 6.20 Å². The lowest BCUT2D eigenvalue weighted by atomic mass is 10.2. The Bertz CT molecular complexity index is 1060. The van der Waals surface area contributed by atoms with Crippen molar-refractivity contribution < 1.29 is 4.39 Å². The van der Waals surface area contributed by atoms with Crippen molar-refractivity contribution in [1.29, 1.82) is 0 Å². The predicted molar refractivity (Wildman–Crippen MR) is 105 cm³/mol. The highest BCUT2D eigenvalue weighted by Crippen LogP contribution is 2.22. The van der Waals surface area contributed by atoms with Crippen molar-refractivity contribution in [2.75, 3.05) is 5.32 Å². The van der Waals surface area contributed by atoms with Gasteiger partial charge >= 0.3 is 0 Å². The number of halogens is 3. The second kappa shape index (κ2) is 7.75. The summed E-state index contributed by atoms with van der Waals surface area (Å²) >= 11 is 10.8. The first kappa shape index (κ1) is 18.1. The topological polar surface area (TPSA) is 73.5 Å². The molecule has 0 bridgehead atoms. The summed E-state index contributed by atoms with van der Waals surface area (Å²) in [5.41, 5.74) is 0.400. The molecule has 1 N–H and O–H groups in total. The maximum atomic E-state index is 13.9. The van der Waals surface area contributed by atoms with Crippen molar-refractivity contribution in [2.24, 2.45) is 0 Å². The molecule has 3 aromatic heterocycles. The summed E-state index contributed by atoms with van der Waals surface area (Å²) in [5.74, 6) is 0.235. The molecule has 27 heavy (non-hydrogen) atoms. The van der Waals surface area contributed by atoms with Crippen LogP contribution < -0.4 is 5.32 Å². The molecule has 0 saturated heterocycles. The molecule has 0 fully saturated rings. The fourth-order valence-electron chi connectivity index (χ4n) is 2.40. The van der Waals surface area contributed by atoms with Crippen LogP contribution in [0.4, 0.5) is 15.3 Å². The average molecular weight is 469 g/mol. The molecule has 0 aliphatic rings. The maximum Gasteiger partial charge on any atom is 0.211 e. The summed E-state index contributed by atoms with van der Waals surface area (Å²) in [6.07, 6.45) is 5.33. The highest BCUT2D eigenvalue weighted by atomic mass is 79.9. The van der Waals surface area contributed by atoms with Crippen LogP contribution in [0.1, 0.15) is 10.6 Å². The zero-order chi connectivity index (χ0) is 18.8. The molecule has 0 unspecified atom stereocenters.